The van der Waals surface area contributed by atoms with Crippen molar-refractivity contribution in [2.24, 2.45) is 5.73 Å². The van der Waals surface area contributed by atoms with Gasteiger partial charge in [0.2, 0.25) is 11.8 Å². The van der Waals surface area contributed by atoms with Crippen molar-refractivity contribution < 1.29 is 14.3 Å². The van der Waals surface area contributed by atoms with Crippen LogP contribution in [0.1, 0.15) is 26.3 Å². The van der Waals surface area contributed by atoms with Gasteiger partial charge < -0.3 is 15.4 Å². The van der Waals surface area contributed by atoms with Crippen LogP contribution in [0.25, 0.3) is 5.70 Å². The summed E-state index contributed by atoms with van der Waals surface area (Å²) in [5.74, 6) is -0.700. The summed E-state index contributed by atoms with van der Waals surface area (Å²) < 4.78 is 5.36. The Bertz CT molecular complexity index is 559. The number of alkyl halides is 2. The van der Waals surface area contributed by atoms with Crippen molar-refractivity contribution in [3.05, 3.63) is 41.5 Å². The molecule has 0 aliphatic rings. The fourth-order valence-corrected chi connectivity index (χ4v) is 2.19. The minimum atomic E-state index is -0.480. The highest BCUT2D eigenvalue weighted by molar-refractivity contribution is 6.27. The van der Waals surface area contributed by atoms with Crippen LogP contribution >= 0.6 is 23.2 Å². The number of allylic oxidation sites excluding steroid dienone is 1. The lowest BCUT2D eigenvalue weighted by Gasteiger charge is -2.26. The lowest BCUT2D eigenvalue weighted by molar-refractivity contribution is -0.126. The molecule has 0 aromatic heterocycles. The second-order valence-electron chi connectivity index (χ2n) is 5.19. The van der Waals surface area contributed by atoms with Crippen LogP contribution in [-0.4, -0.2) is 48.2 Å². The molecule has 0 fully saturated rings. The Morgan fingerprint density at radius 3 is 2.08 bits per heavy atom. The molecule has 0 bridgehead atoms. The van der Waals surface area contributed by atoms with Gasteiger partial charge >= 0.3 is 0 Å². The van der Waals surface area contributed by atoms with Gasteiger partial charge in [0.05, 0.1) is 6.61 Å². The quantitative estimate of drug-likeness (QED) is 0.548. The first kappa shape index (κ1) is 23.4. The summed E-state index contributed by atoms with van der Waals surface area (Å²) in [6, 6.07) is 9.88. The maximum atomic E-state index is 12.1. The predicted octanol–water partition coefficient (Wildman–Crippen LogP) is 3.25. The van der Waals surface area contributed by atoms with Crippen LogP contribution in [0.3, 0.4) is 0 Å². The molecule has 0 radical (unpaired) electrons. The molecule has 2 amide bonds. The van der Waals surface area contributed by atoms with E-state index in [2.05, 4.69) is 5.73 Å². The zero-order valence-electron chi connectivity index (χ0n) is 14.9. The molecular formula is C18H26Cl2N2O3. The van der Waals surface area contributed by atoms with Crippen LogP contribution < -0.4 is 5.73 Å². The number of hydrogen-bond acceptors (Lipinski definition) is 3. The number of ether oxygens (including phenoxy) is 1. The van der Waals surface area contributed by atoms with Crippen molar-refractivity contribution in [2.45, 2.75) is 20.8 Å². The maximum absolute atomic E-state index is 12.1. The third-order valence-corrected chi connectivity index (χ3v) is 3.49. The fourth-order valence-electron chi connectivity index (χ4n) is 2.04. The van der Waals surface area contributed by atoms with Crippen molar-refractivity contribution >= 4 is 40.7 Å². The number of carbonyl (C=O) groups is 2. The topological polar surface area (TPSA) is 72.6 Å². The summed E-state index contributed by atoms with van der Waals surface area (Å²) in [7, 11) is 0. The molecule has 25 heavy (non-hydrogen) atoms. The number of primary amides is 1. The van der Waals surface area contributed by atoms with E-state index < -0.39 is 5.91 Å². The maximum Gasteiger partial charge on any atom is 0.242 e. The minimum Gasteiger partial charge on any atom is -0.380 e. The molecule has 1 rings (SSSR count). The van der Waals surface area contributed by atoms with E-state index in [4.69, 9.17) is 27.9 Å². The summed E-state index contributed by atoms with van der Waals surface area (Å²) in [4.78, 5) is 23.3. The van der Waals surface area contributed by atoms with Crippen LogP contribution in [0.15, 0.2) is 35.9 Å². The molecule has 7 heteroatoms. The Kier molecular flexibility index (Phi) is 12.8. The standard InChI is InChI=1S/C16H22ClNO2.C2H4ClNO/c1-4-20-11-10-18(15(19)12-17)16(13(2)3)14-8-6-5-7-9-14;3-1-2(4)5/h5-9H,4,10-12H2,1-3H3;1H2,(H2,4,5). The lowest BCUT2D eigenvalue weighted by Crippen LogP contribution is -2.34. The number of carbonyl (C=O) groups excluding carboxylic acids is 2. The highest BCUT2D eigenvalue weighted by atomic mass is 35.5. The molecule has 0 aliphatic carbocycles. The van der Waals surface area contributed by atoms with Gasteiger partial charge in [0, 0.05) is 18.8 Å². The first-order valence-electron chi connectivity index (χ1n) is 7.90. The zero-order chi connectivity index (χ0) is 19.2. The van der Waals surface area contributed by atoms with E-state index >= 15 is 0 Å². The largest absolute Gasteiger partial charge is 0.380 e. The van der Waals surface area contributed by atoms with Crippen molar-refractivity contribution in [1.82, 2.24) is 4.90 Å². The van der Waals surface area contributed by atoms with Crippen LogP contribution in [0.2, 0.25) is 0 Å². The van der Waals surface area contributed by atoms with Crippen molar-refractivity contribution in [1.29, 1.82) is 0 Å². The normalized spacial score (nSPS) is 9.64. The molecule has 140 valence electrons. The Morgan fingerprint density at radius 1 is 1.12 bits per heavy atom. The van der Waals surface area contributed by atoms with Crippen molar-refractivity contribution in [3.63, 3.8) is 0 Å². The summed E-state index contributed by atoms with van der Waals surface area (Å²) in [5.41, 5.74) is 7.53. The average Bonchev–Trinajstić information content (AvgIpc) is 2.61. The molecule has 2 N–H and O–H groups in total. The van der Waals surface area contributed by atoms with E-state index in [1.54, 1.807) is 4.90 Å². The molecule has 0 aliphatic heterocycles. The number of hydrogen-bond donors (Lipinski definition) is 1. The molecule has 1 aromatic rings. The van der Waals surface area contributed by atoms with Gasteiger partial charge in [-0.15, -0.1) is 23.2 Å². The van der Waals surface area contributed by atoms with Gasteiger partial charge in [-0.3, -0.25) is 9.59 Å². The molecule has 0 unspecified atom stereocenters. The monoisotopic (exact) mass is 388 g/mol. The second kappa shape index (κ2) is 13.7. The van der Waals surface area contributed by atoms with E-state index in [9.17, 15) is 9.59 Å². The summed E-state index contributed by atoms with van der Waals surface area (Å²) in [5, 5.41) is 0. The smallest absolute Gasteiger partial charge is 0.242 e. The Labute approximate surface area is 159 Å². The lowest BCUT2D eigenvalue weighted by atomic mass is 10.1. The van der Waals surface area contributed by atoms with E-state index in [1.807, 2.05) is 51.1 Å². The second-order valence-corrected chi connectivity index (χ2v) is 5.73. The van der Waals surface area contributed by atoms with E-state index in [1.165, 1.54) is 0 Å². The molecule has 0 saturated heterocycles. The molecule has 0 atom stereocenters. The Morgan fingerprint density at radius 2 is 1.68 bits per heavy atom. The number of benzene rings is 1. The van der Waals surface area contributed by atoms with Gasteiger partial charge in [0.15, 0.2) is 0 Å². The molecule has 5 nitrogen and oxygen atoms in total. The van der Waals surface area contributed by atoms with Gasteiger partial charge in [-0.05, 0) is 26.3 Å². The Balaban J connectivity index is 0.00000101. The van der Waals surface area contributed by atoms with Gasteiger partial charge in [0.25, 0.3) is 0 Å². The third-order valence-electron chi connectivity index (χ3n) is 3.00. The third kappa shape index (κ3) is 9.48. The first-order valence-corrected chi connectivity index (χ1v) is 8.97. The number of nitrogens with zero attached hydrogens (tertiary/aromatic N) is 1. The zero-order valence-corrected chi connectivity index (χ0v) is 16.4. The van der Waals surface area contributed by atoms with Crippen molar-refractivity contribution in [2.75, 3.05) is 31.5 Å². The van der Waals surface area contributed by atoms with Gasteiger partial charge in [-0.25, -0.2) is 0 Å². The predicted molar refractivity (Wildman–Crippen MR) is 104 cm³/mol. The molecule has 0 saturated carbocycles. The molecule has 0 spiro atoms. The van der Waals surface area contributed by atoms with E-state index in [-0.39, 0.29) is 17.7 Å². The number of amides is 2. The highest BCUT2D eigenvalue weighted by Crippen LogP contribution is 2.23. The van der Waals surface area contributed by atoms with Gasteiger partial charge in [-0.2, -0.15) is 0 Å². The Hall–Kier alpha value is -1.56. The van der Waals surface area contributed by atoms with Crippen LogP contribution in [0, 0.1) is 0 Å². The highest BCUT2D eigenvalue weighted by Gasteiger charge is 2.19. The van der Waals surface area contributed by atoms with Crippen LogP contribution in [-0.2, 0) is 14.3 Å². The summed E-state index contributed by atoms with van der Waals surface area (Å²) >= 11 is 10.6. The minimum absolute atomic E-state index is 0.0320. The fraction of sp³-hybridized carbons (Fsp3) is 0.444. The van der Waals surface area contributed by atoms with E-state index in [0.717, 1.165) is 16.8 Å². The average molecular weight is 389 g/mol. The number of halogens is 2. The van der Waals surface area contributed by atoms with Crippen LogP contribution in [0.4, 0.5) is 0 Å². The van der Waals surface area contributed by atoms with E-state index in [0.29, 0.717) is 19.8 Å². The SMILES string of the molecule is CCOCCN(C(=O)CCl)C(=C(C)C)c1ccccc1.NC(=O)CCl. The molecular weight excluding hydrogens is 363 g/mol. The molecule has 1 aromatic carbocycles. The van der Waals surface area contributed by atoms with Crippen molar-refractivity contribution in [3.8, 4) is 0 Å². The summed E-state index contributed by atoms with van der Waals surface area (Å²) in [6.07, 6.45) is 0. The number of nitrogens with two attached hydrogens (primary N) is 1. The first-order chi connectivity index (χ1) is 11.9. The number of rotatable bonds is 8. The van der Waals surface area contributed by atoms with Crippen LogP contribution in [0.5, 0.6) is 0 Å². The summed E-state index contributed by atoms with van der Waals surface area (Å²) in [6.45, 7) is 7.58. The van der Waals surface area contributed by atoms with Gasteiger partial charge in [0.1, 0.15) is 11.8 Å². The molecule has 0 heterocycles. The van der Waals surface area contributed by atoms with Gasteiger partial charge in [-0.1, -0.05) is 35.9 Å².